The Morgan fingerprint density at radius 2 is 1.90 bits per heavy atom. The lowest BCUT2D eigenvalue weighted by molar-refractivity contribution is -0.147. The standard InChI is InChI=1S/C20H29N2O6P/c1-14(2)11-16(21-19(24)15-7-4-3-5-8-15)12-29(27,28)13-18(23)22-10-6-9-17(22)20(25)26/h3-5,7-8,14,16-17H,6,9-13H2,1-2H3,(H,21,24)(H,25,26)(H,27,28)/t16-,17-/m0/s1. The first-order valence-corrected chi connectivity index (χ1v) is 11.8. The van der Waals surface area contributed by atoms with Crippen molar-refractivity contribution in [2.75, 3.05) is 18.9 Å². The van der Waals surface area contributed by atoms with Gasteiger partial charge in [-0.3, -0.25) is 14.2 Å². The maximum atomic E-state index is 12.8. The van der Waals surface area contributed by atoms with Crippen molar-refractivity contribution in [3.8, 4) is 0 Å². The number of nitrogens with one attached hydrogen (secondary N) is 1. The fourth-order valence-corrected chi connectivity index (χ4v) is 5.30. The van der Waals surface area contributed by atoms with Crippen LogP contribution in [-0.4, -0.2) is 63.6 Å². The van der Waals surface area contributed by atoms with Gasteiger partial charge in [-0.2, -0.15) is 0 Å². The van der Waals surface area contributed by atoms with E-state index in [0.717, 1.165) is 0 Å². The van der Waals surface area contributed by atoms with Crippen LogP contribution in [0.25, 0.3) is 0 Å². The van der Waals surface area contributed by atoms with Gasteiger partial charge in [0, 0.05) is 24.3 Å². The lowest BCUT2D eigenvalue weighted by Crippen LogP contribution is -2.43. The molecule has 1 aromatic carbocycles. The molecule has 1 unspecified atom stereocenters. The Balaban J connectivity index is 2.04. The first-order chi connectivity index (χ1) is 13.6. The Bertz CT molecular complexity index is 782. The first-order valence-electron chi connectivity index (χ1n) is 9.78. The third-order valence-corrected chi connectivity index (χ3v) is 6.65. The summed E-state index contributed by atoms with van der Waals surface area (Å²) in [6.07, 6.45) is 0.536. The van der Waals surface area contributed by atoms with Crippen molar-refractivity contribution >= 4 is 25.2 Å². The molecule has 9 heteroatoms. The summed E-state index contributed by atoms with van der Waals surface area (Å²) in [4.78, 5) is 47.8. The van der Waals surface area contributed by atoms with Gasteiger partial charge >= 0.3 is 5.97 Å². The van der Waals surface area contributed by atoms with Crippen LogP contribution in [0.1, 0.15) is 43.5 Å². The Hall–Kier alpha value is -2.18. The maximum Gasteiger partial charge on any atom is 0.326 e. The van der Waals surface area contributed by atoms with Crippen molar-refractivity contribution in [3.63, 3.8) is 0 Å². The molecule has 1 saturated heterocycles. The number of hydrogen-bond acceptors (Lipinski definition) is 4. The van der Waals surface area contributed by atoms with Gasteiger partial charge in [-0.05, 0) is 37.3 Å². The Morgan fingerprint density at radius 3 is 2.48 bits per heavy atom. The molecule has 29 heavy (non-hydrogen) atoms. The number of likely N-dealkylation sites (tertiary alicyclic amines) is 1. The van der Waals surface area contributed by atoms with E-state index in [1.54, 1.807) is 30.3 Å². The summed E-state index contributed by atoms with van der Waals surface area (Å²) < 4.78 is 12.8. The molecule has 0 aliphatic carbocycles. The summed E-state index contributed by atoms with van der Waals surface area (Å²) in [6, 6.07) is 7.06. The van der Waals surface area contributed by atoms with Crippen LogP contribution in [-0.2, 0) is 14.2 Å². The summed E-state index contributed by atoms with van der Waals surface area (Å²) in [5, 5.41) is 12.0. The molecule has 0 spiro atoms. The van der Waals surface area contributed by atoms with E-state index < -0.39 is 37.5 Å². The number of rotatable bonds is 9. The number of amides is 2. The molecule has 0 aromatic heterocycles. The van der Waals surface area contributed by atoms with Crippen molar-refractivity contribution in [1.29, 1.82) is 0 Å². The fraction of sp³-hybridized carbons (Fsp3) is 0.550. The quantitative estimate of drug-likeness (QED) is 0.522. The van der Waals surface area contributed by atoms with Crippen LogP contribution in [0.15, 0.2) is 30.3 Å². The summed E-state index contributed by atoms with van der Waals surface area (Å²) in [7, 11) is -3.92. The zero-order chi connectivity index (χ0) is 21.6. The topological polar surface area (TPSA) is 124 Å². The molecular weight excluding hydrogens is 395 g/mol. The van der Waals surface area contributed by atoms with Gasteiger partial charge in [0.2, 0.25) is 13.3 Å². The van der Waals surface area contributed by atoms with Gasteiger partial charge in [0.05, 0.1) is 0 Å². The van der Waals surface area contributed by atoms with Crippen molar-refractivity contribution in [3.05, 3.63) is 35.9 Å². The summed E-state index contributed by atoms with van der Waals surface area (Å²) >= 11 is 0. The maximum absolute atomic E-state index is 12.8. The van der Waals surface area contributed by atoms with Crippen LogP contribution >= 0.6 is 7.37 Å². The normalized spacial score (nSPS) is 19.6. The lowest BCUT2D eigenvalue weighted by Gasteiger charge is -2.26. The van der Waals surface area contributed by atoms with Crippen molar-refractivity contribution in [1.82, 2.24) is 10.2 Å². The minimum atomic E-state index is -3.92. The number of carbonyl (C=O) groups excluding carboxylic acids is 2. The van der Waals surface area contributed by atoms with Crippen LogP contribution in [0.5, 0.6) is 0 Å². The second kappa shape index (κ2) is 10.0. The van der Waals surface area contributed by atoms with Gasteiger partial charge in [-0.25, -0.2) is 4.79 Å². The molecule has 0 radical (unpaired) electrons. The molecule has 160 valence electrons. The summed E-state index contributed by atoms with van der Waals surface area (Å²) in [6.45, 7) is 4.16. The highest BCUT2D eigenvalue weighted by molar-refractivity contribution is 7.59. The molecular formula is C20H29N2O6P. The monoisotopic (exact) mass is 424 g/mol. The highest BCUT2D eigenvalue weighted by Crippen LogP contribution is 2.42. The molecule has 3 N–H and O–H groups in total. The number of carboxylic acid groups (broad SMARTS) is 1. The molecule has 1 aliphatic rings. The summed E-state index contributed by atoms with van der Waals surface area (Å²) in [5.74, 6) is -1.90. The van der Waals surface area contributed by atoms with Gasteiger partial charge in [0.1, 0.15) is 12.2 Å². The molecule has 3 atom stereocenters. The first kappa shape index (κ1) is 23.1. The number of carboxylic acids is 1. The van der Waals surface area contributed by atoms with Crippen molar-refractivity contribution < 1.29 is 28.9 Å². The molecule has 1 heterocycles. The van der Waals surface area contributed by atoms with Crippen molar-refractivity contribution in [2.24, 2.45) is 5.92 Å². The number of carbonyl (C=O) groups is 3. The molecule has 2 amide bonds. The van der Waals surface area contributed by atoms with E-state index in [1.165, 1.54) is 4.90 Å². The van der Waals surface area contributed by atoms with Crippen LogP contribution in [0.4, 0.5) is 0 Å². The highest BCUT2D eigenvalue weighted by atomic mass is 31.2. The van der Waals surface area contributed by atoms with E-state index in [1.807, 2.05) is 13.8 Å². The number of benzene rings is 1. The largest absolute Gasteiger partial charge is 0.480 e. The molecule has 8 nitrogen and oxygen atoms in total. The number of hydrogen-bond donors (Lipinski definition) is 3. The van der Waals surface area contributed by atoms with Gasteiger partial charge in [-0.1, -0.05) is 32.0 Å². The average Bonchev–Trinajstić information content (AvgIpc) is 3.11. The van der Waals surface area contributed by atoms with E-state index in [0.29, 0.717) is 24.8 Å². The van der Waals surface area contributed by atoms with Gasteiger partial charge in [0.15, 0.2) is 0 Å². The zero-order valence-corrected chi connectivity index (χ0v) is 17.7. The Morgan fingerprint density at radius 1 is 1.24 bits per heavy atom. The second-order valence-electron chi connectivity index (χ2n) is 7.94. The Kier molecular flexibility index (Phi) is 7.99. The molecule has 1 aliphatic heterocycles. The van der Waals surface area contributed by atoms with Crippen LogP contribution < -0.4 is 5.32 Å². The second-order valence-corrected chi connectivity index (χ2v) is 10.3. The SMILES string of the molecule is CC(C)C[C@@H](CP(=O)(O)CC(=O)N1CCC[C@H]1C(=O)O)NC(=O)c1ccccc1. The van der Waals surface area contributed by atoms with Crippen LogP contribution in [0.3, 0.4) is 0 Å². The van der Waals surface area contributed by atoms with Crippen LogP contribution in [0.2, 0.25) is 0 Å². The molecule has 0 saturated carbocycles. The van der Waals surface area contributed by atoms with Crippen LogP contribution in [0, 0.1) is 5.92 Å². The third kappa shape index (κ3) is 6.98. The third-order valence-electron chi connectivity index (χ3n) is 4.87. The van der Waals surface area contributed by atoms with Crippen molar-refractivity contribution in [2.45, 2.75) is 45.2 Å². The molecule has 1 fully saturated rings. The zero-order valence-electron chi connectivity index (χ0n) is 16.8. The van der Waals surface area contributed by atoms with E-state index in [4.69, 9.17) is 0 Å². The minimum Gasteiger partial charge on any atom is -0.480 e. The molecule has 0 bridgehead atoms. The van der Waals surface area contributed by atoms with E-state index >= 15 is 0 Å². The van der Waals surface area contributed by atoms with Gasteiger partial charge in [0.25, 0.3) is 5.91 Å². The average molecular weight is 424 g/mol. The van der Waals surface area contributed by atoms with E-state index in [2.05, 4.69) is 5.32 Å². The molecule has 2 rings (SSSR count). The summed E-state index contributed by atoms with van der Waals surface area (Å²) in [5.41, 5.74) is 0.450. The van der Waals surface area contributed by atoms with Gasteiger partial charge < -0.3 is 20.2 Å². The smallest absolute Gasteiger partial charge is 0.326 e. The highest BCUT2D eigenvalue weighted by Gasteiger charge is 2.37. The lowest BCUT2D eigenvalue weighted by atomic mass is 10.0. The molecule has 1 aromatic rings. The number of nitrogens with zero attached hydrogens (tertiary/aromatic N) is 1. The van der Waals surface area contributed by atoms with E-state index in [9.17, 15) is 28.9 Å². The number of aliphatic carboxylic acids is 1. The van der Waals surface area contributed by atoms with E-state index in [-0.39, 0.29) is 24.5 Å². The van der Waals surface area contributed by atoms with Gasteiger partial charge in [-0.15, -0.1) is 0 Å². The predicted molar refractivity (Wildman–Crippen MR) is 109 cm³/mol. The predicted octanol–water partition coefficient (Wildman–Crippen LogP) is 2.18. The fourth-order valence-electron chi connectivity index (χ4n) is 3.64. The minimum absolute atomic E-state index is 0.168. The Labute approximate surface area is 170 Å².